The lowest BCUT2D eigenvalue weighted by Gasteiger charge is -1.98. The summed E-state index contributed by atoms with van der Waals surface area (Å²) in [4.78, 5) is 18.9. The van der Waals surface area contributed by atoms with E-state index in [0.29, 0.717) is 5.69 Å². The lowest BCUT2D eigenvalue weighted by molar-refractivity contribution is 0.0696. The zero-order valence-electron chi connectivity index (χ0n) is 8.95. The minimum atomic E-state index is -0.979. The zero-order chi connectivity index (χ0) is 12.1. The highest BCUT2D eigenvalue weighted by Gasteiger charge is 2.07. The number of aromatic carboxylic acids is 1. The minimum Gasteiger partial charge on any atom is -0.478 e. The topological polar surface area (TPSA) is 63.1 Å². The highest BCUT2D eigenvalue weighted by molar-refractivity contribution is 5.92. The number of hydrogen-bond acceptors (Lipinski definition) is 3. The van der Waals surface area contributed by atoms with E-state index in [1.54, 1.807) is 36.8 Å². The Morgan fingerprint density at radius 2 is 1.88 bits per heavy atom. The maximum Gasteiger partial charge on any atom is 0.337 e. The van der Waals surface area contributed by atoms with E-state index in [4.69, 9.17) is 5.11 Å². The average Bonchev–Trinajstić information content (AvgIpc) is 2.38. The molecule has 0 atom stereocenters. The predicted octanol–water partition coefficient (Wildman–Crippen LogP) is 2.35. The van der Waals surface area contributed by atoms with Crippen LogP contribution in [0.5, 0.6) is 0 Å². The van der Waals surface area contributed by atoms with Gasteiger partial charge in [-0.1, -0.05) is 6.08 Å². The molecule has 0 spiro atoms. The summed E-state index contributed by atoms with van der Waals surface area (Å²) in [5.41, 5.74) is 1.58. The van der Waals surface area contributed by atoms with Gasteiger partial charge in [-0.3, -0.25) is 9.97 Å². The number of carboxylic acid groups (broad SMARTS) is 1. The molecular formula is C13H10N2O2. The fraction of sp³-hybridized carbons (Fsp3) is 0. The molecule has 2 heterocycles. The van der Waals surface area contributed by atoms with E-state index in [2.05, 4.69) is 9.97 Å². The summed E-state index contributed by atoms with van der Waals surface area (Å²) in [5, 5.41) is 8.98. The molecule has 0 aliphatic carbocycles. The maximum absolute atomic E-state index is 10.9. The molecule has 0 unspecified atom stereocenters. The quantitative estimate of drug-likeness (QED) is 0.872. The van der Waals surface area contributed by atoms with Gasteiger partial charge in [0.2, 0.25) is 0 Å². The fourth-order valence-electron chi connectivity index (χ4n) is 1.38. The summed E-state index contributed by atoms with van der Waals surface area (Å²) in [5.74, 6) is -0.979. The number of carboxylic acids is 1. The van der Waals surface area contributed by atoms with E-state index in [1.165, 1.54) is 6.07 Å². The molecule has 2 aromatic rings. The van der Waals surface area contributed by atoms with Crippen LogP contribution in [0.2, 0.25) is 0 Å². The number of aromatic nitrogens is 2. The standard InChI is InChI=1S/C13H10N2O2/c16-13(17)11-2-1-7-15-12(11)4-3-10-5-8-14-9-6-10/h1-9H,(H,16,17)/b4-3+. The number of hydrogen-bond donors (Lipinski definition) is 1. The van der Waals surface area contributed by atoms with Crippen molar-refractivity contribution in [3.05, 3.63) is 59.7 Å². The van der Waals surface area contributed by atoms with Crippen LogP contribution in [0.1, 0.15) is 21.6 Å². The Morgan fingerprint density at radius 3 is 2.59 bits per heavy atom. The fourth-order valence-corrected chi connectivity index (χ4v) is 1.38. The summed E-state index contributed by atoms with van der Waals surface area (Å²) in [6.07, 6.45) is 8.40. The molecule has 0 aliphatic heterocycles. The molecule has 0 fully saturated rings. The van der Waals surface area contributed by atoms with Crippen molar-refractivity contribution in [3.63, 3.8) is 0 Å². The van der Waals surface area contributed by atoms with E-state index in [0.717, 1.165) is 5.56 Å². The summed E-state index contributed by atoms with van der Waals surface area (Å²) in [6.45, 7) is 0. The van der Waals surface area contributed by atoms with Crippen LogP contribution in [-0.2, 0) is 0 Å². The Balaban J connectivity index is 2.30. The molecule has 0 aliphatic rings. The van der Waals surface area contributed by atoms with Crippen LogP contribution in [0.3, 0.4) is 0 Å². The first kappa shape index (κ1) is 11.0. The highest BCUT2D eigenvalue weighted by atomic mass is 16.4. The van der Waals surface area contributed by atoms with E-state index >= 15 is 0 Å². The van der Waals surface area contributed by atoms with Gasteiger partial charge in [0.05, 0.1) is 11.3 Å². The third-order valence-corrected chi connectivity index (χ3v) is 2.21. The third kappa shape index (κ3) is 2.75. The molecule has 0 aromatic carbocycles. The molecule has 17 heavy (non-hydrogen) atoms. The van der Waals surface area contributed by atoms with E-state index < -0.39 is 5.97 Å². The third-order valence-electron chi connectivity index (χ3n) is 2.21. The normalized spacial score (nSPS) is 10.6. The van der Waals surface area contributed by atoms with Gasteiger partial charge in [0, 0.05) is 18.6 Å². The minimum absolute atomic E-state index is 0.192. The second kappa shape index (κ2) is 5.03. The van der Waals surface area contributed by atoms with Crippen molar-refractivity contribution < 1.29 is 9.90 Å². The van der Waals surface area contributed by atoms with Crippen LogP contribution in [-0.4, -0.2) is 21.0 Å². The van der Waals surface area contributed by atoms with Crippen LogP contribution >= 0.6 is 0 Å². The molecule has 0 radical (unpaired) electrons. The molecule has 0 bridgehead atoms. The second-order valence-corrected chi connectivity index (χ2v) is 3.36. The Labute approximate surface area is 98.3 Å². The van der Waals surface area contributed by atoms with Crippen molar-refractivity contribution in [1.29, 1.82) is 0 Å². The summed E-state index contributed by atoms with van der Waals surface area (Å²) in [7, 11) is 0. The average molecular weight is 226 g/mol. The zero-order valence-corrected chi connectivity index (χ0v) is 8.95. The predicted molar refractivity (Wildman–Crippen MR) is 64.4 cm³/mol. The first-order chi connectivity index (χ1) is 8.27. The van der Waals surface area contributed by atoms with Crippen LogP contribution in [0.4, 0.5) is 0 Å². The van der Waals surface area contributed by atoms with Gasteiger partial charge in [0.25, 0.3) is 0 Å². The van der Waals surface area contributed by atoms with Gasteiger partial charge in [-0.25, -0.2) is 4.79 Å². The summed E-state index contributed by atoms with van der Waals surface area (Å²) >= 11 is 0. The number of carbonyl (C=O) groups is 1. The molecule has 84 valence electrons. The molecule has 2 aromatic heterocycles. The maximum atomic E-state index is 10.9. The van der Waals surface area contributed by atoms with Crippen molar-refractivity contribution >= 4 is 18.1 Å². The van der Waals surface area contributed by atoms with Gasteiger partial charge < -0.3 is 5.11 Å². The second-order valence-electron chi connectivity index (χ2n) is 3.36. The first-order valence-corrected chi connectivity index (χ1v) is 5.04. The SMILES string of the molecule is O=C(O)c1cccnc1/C=C/c1ccncc1. The van der Waals surface area contributed by atoms with Crippen LogP contribution in [0, 0.1) is 0 Å². The molecule has 2 rings (SSSR count). The van der Waals surface area contributed by atoms with E-state index in [1.807, 2.05) is 12.1 Å². The Bertz CT molecular complexity index is 550. The molecule has 0 saturated carbocycles. The van der Waals surface area contributed by atoms with Gasteiger partial charge in [0.15, 0.2) is 0 Å². The highest BCUT2D eigenvalue weighted by Crippen LogP contribution is 2.10. The van der Waals surface area contributed by atoms with Gasteiger partial charge in [-0.15, -0.1) is 0 Å². The molecule has 0 amide bonds. The van der Waals surface area contributed by atoms with Crippen molar-refractivity contribution in [2.75, 3.05) is 0 Å². The summed E-state index contributed by atoms with van der Waals surface area (Å²) < 4.78 is 0. The van der Waals surface area contributed by atoms with Gasteiger partial charge in [0.1, 0.15) is 0 Å². The van der Waals surface area contributed by atoms with Crippen LogP contribution < -0.4 is 0 Å². The molecular weight excluding hydrogens is 216 g/mol. The summed E-state index contributed by atoms with van der Waals surface area (Å²) in [6, 6.07) is 6.80. The van der Waals surface area contributed by atoms with E-state index in [-0.39, 0.29) is 5.56 Å². The molecule has 1 N–H and O–H groups in total. The molecule has 4 nitrogen and oxygen atoms in total. The Hall–Kier alpha value is -2.49. The number of rotatable bonds is 3. The Kier molecular flexibility index (Phi) is 3.25. The Morgan fingerprint density at radius 1 is 1.12 bits per heavy atom. The first-order valence-electron chi connectivity index (χ1n) is 5.04. The van der Waals surface area contributed by atoms with Crippen molar-refractivity contribution in [2.24, 2.45) is 0 Å². The molecule has 0 saturated heterocycles. The van der Waals surface area contributed by atoms with Gasteiger partial charge in [-0.05, 0) is 35.9 Å². The van der Waals surface area contributed by atoms with Gasteiger partial charge >= 0.3 is 5.97 Å². The largest absolute Gasteiger partial charge is 0.478 e. The van der Waals surface area contributed by atoms with Crippen molar-refractivity contribution in [3.8, 4) is 0 Å². The number of nitrogens with zero attached hydrogens (tertiary/aromatic N) is 2. The monoisotopic (exact) mass is 226 g/mol. The molecule has 4 heteroatoms. The van der Waals surface area contributed by atoms with E-state index in [9.17, 15) is 4.79 Å². The van der Waals surface area contributed by atoms with Crippen LogP contribution in [0.25, 0.3) is 12.2 Å². The van der Waals surface area contributed by atoms with Crippen molar-refractivity contribution in [1.82, 2.24) is 9.97 Å². The lowest BCUT2D eigenvalue weighted by Crippen LogP contribution is -2.00. The number of pyridine rings is 2. The van der Waals surface area contributed by atoms with Gasteiger partial charge in [-0.2, -0.15) is 0 Å². The van der Waals surface area contributed by atoms with Crippen molar-refractivity contribution in [2.45, 2.75) is 0 Å². The smallest absolute Gasteiger partial charge is 0.337 e. The van der Waals surface area contributed by atoms with Crippen LogP contribution in [0.15, 0.2) is 42.9 Å². The lowest BCUT2D eigenvalue weighted by atomic mass is 10.1.